The second-order valence-electron chi connectivity index (χ2n) is 30.3. The van der Waals surface area contributed by atoms with Gasteiger partial charge in [0, 0.05) is 105 Å². The molecule has 20 rings (SSSR count). The standard InChI is InChI=1S/C86H84N4O4/c1-2-14-56-50-83(49-55(56)13-1)73-23-11-9-21-69(73)77-65-17-5-7-19-67(65)81-71(79(77)83)37-39-85(93-81,59-25-31-63(32-26-59)89-41-45-91-46-42-89)61-29-35-75(87-53-61)76-36-30-62(54-88-76)86(60-27-33-64(34-28-60)90-43-47-92-48-44-90)40-38-72-80-78(66-18-6-8-20-68(66)82(72)94-86)70-22-10-12-24-74(70)84(80)51-57-15-3-4-16-58(57)52-84/h5-9,11,17-21,23,25-40,53-58,70,74H,1-4,10,12-16,22,24,41-52H2. The minimum absolute atomic E-state index is 0.0549. The van der Waals surface area contributed by atoms with Crippen LogP contribution >= 0.6 is 0 Å². The summed E-state index contributed by atoms with van der Waals surface area (Å²) in [5.41, 5.74) is 18.1. The van der Waals surface area contributed by atoms with Crippen molar-refractivity contribution >= 4 is 45.1 Å². The fraction of sp³-hybridized carbons (Fsp3) is 0.395. The van der Waals surface area contributed by atoms with Crippen LogP contribution in [0.5, 0.6) is 11.5 Å². The van der Waals surface area contributed by atoms with E-state index in [-0.39, 0.29) is 10.8 Å². The van der Waals surface area contributed by atoms with Crippen LogP contribution in [-0.2, 0) is 31.5 Å². The van der Waals surface area contributed by atoms with Crippen molar-refractivity contribution in [1.82, 2.24) is 9.97 Å². The van der Waals surface area contributed by atoms with Crippen LogP contribution in [0.2, 0.25) is 0 Å². The molecule has 7 fully saturated rings. The Bertz CT molecular complexity index is 4510. The molecule has 7 aliphatic carbocycles. The smallest absolute Gasteiger partial charge is 0.179 e. The topological polar surface area (TPSA) is 69.2 Å². The lowest BCUT2D eigenvalue weighted by molar-refractivity contribution is 0.122. The Morgan fingerprint density at radius 3 is 1.41 bits per heavy atom. The third-order valence-corrected chi connectivity index (χ3v) is 26.1. The van der Waals surface area contributed by atoms with Crippen molar-refractivity contribution in [2.75, 3.05) is 62.4 Å². The van der Waals surface area contributed by atoms with Gasteiger partial charge in [0.25, 0.3) is 0 Å². The Balaban J connectivity index is 0.698. The number of morpholine rings is 2. The van der Waals surface area contributed by atoms with Crippen molar-refractivity contribution in [3.8, 4) is 34.0 Å². The van der Waals surface area contributed by atoms with Crippen LogP contribution in [0.4, 0.5) is 11.4 Å². The molecule has 8 atom stereocenters. The first-order valence-corrected chi connectivity index (χ1v) is 36.3. The van der Waals surface area contributed by atoms with E-state index in [0.717, 1.165) is 127 Å². The number of nitrogens with zero attached hydrogens (tertiary/aromatic N) is 4. The van der Waals surface area contributed by atoms with Crippen LogP contribution in [-0.4, -0.2) is 62.6 Å². The summed E-state index contributed by atoms with van der Waals surface area (Å²) in [6.45, 7) is 6.47. The molecule has 2 spiro atoms. The summed E-state index contributed by atoms with van der Waals surface area (Å²) < 4.78 is 27.7. The van der Waals surface area contributed by atoms with Crippen molar-refractivity contribution < 1.29 is 18.9 Å². The lowest BCUT2D eigenvalue weighted by Gasteiger charge is -2.40. The first-order valence-electron chi connectivity index (χ1n) is 36.3. The summed E-state index contributed by atoms with van der Waals surface area (Å²) in [7, 11) is 0. The lowest BCUT2D eigenvalue weighted by Crippen LogP contribution is -2.37. The normalized spacial score (nSPS) is 30.1. The Morgan fingerprint density at radius 2 is 0.872 bits per heavy atom. The van der Waals surface area contributed by atoms with Crippen LogP contribution in [0, 0.1) is 29.6 Å². The van der Waals surface area contributed by atoms with Crippen molar-refractivity contribution in [2.24, 2.45) is 29.6 Å². The quantitative estimate of drug-likeness (QED) is 0.156. The van der Waals surface area contributed by atoms with Gasteiger partial charge in [-0.05, 0) is 167 Å². The highest BCUT2D eigenvalue weighted by molar-refractivity contribution is 6.09. The van der Waals surface area contributed by atoms with Crippen LogP contribution in [0.1, 0.15) is 164 Å². The largest absolute Gasteiger partial charge is 0.472 e. The highest BCUT2D eigenvalue weighted by Crippen LogP contribution is 2.70. The summed E-state index contributed by atoms with van der Waals surface area (Å²) in [5.74, 6) is 6.48. The van der Waals surface area contributed by atoms with E-state index in [2.05, 4.69) is 192 Å². The molecule has 8 nitrogen and oxygen atoms in total. The van der Waals surface area contributed by atoms with E-state index < -0.39 is 11.2 Å². The van der Waals surface area contributed by atoms with E-state index >= 15 is 0 Å². The number of anilines is 2. The van der Waals surface area contributed by atoms with E-state index in [4.69, 9.17) is 28.9 Å². The number of hydrogen-bond donors (Lipinski definition) is 0. The Kier molecular flexibility index (Phi) is 13.0. The first kappa shape index (κ1) is 56.3. The average Bonchev–Trinajstić information content (AvgIpc) is 1.55. The van der Waals surface area contributed by atoms with E-state index in [1.165, 1.54) is 164 Å². The summed E-state index contributed by atoms with van der Waals surface area (Å²) >= 11 is 0. The van der Waals surface area contributed by atoms with Gasteiger partial charge in [-0.2, -0.15) is 0 Å². The molecule has 5 saturated carbocycles. The molecule has 94 heavy (non-hydrogen) atoms. The fourth-order valence-electron chi connectivity index (χ4n) is 22.0. The van der Waals surface area contributed by atoms with Crippen LogP contribution in [0.3, 0.4) is 0 Å². The number of fused-ring (bicyclic) bond motifs is 22. The van der Waals surface area contributed by atoms with E-state index in [0.29, 0.717) is 11.8 Å². The van der Waals surface area contributed by atoms with E-state index in [1.54, 1.807) is 11.1 Å². The molecule has 0 radical (unpaired) electrons. The predicted octanol–water partition coefficient (Wildman–Crippen LogP) is 18.8. The highest BCUT2D eigenvalue weighted by atomic mass is 16.5. The van der Waals surface area contributed by atoms with Crippen LogP contribution in [0.25, 0.3) is 56.2 Å². The lowest BCUT2D eigenvalue weighted by atomic mass is 9.65. The molecule has 6 heterocycles. The summed E-state index contributed by atoms with van der Waals surface area (Å²) in [4.78, 5) is 15.7. The summed E-state index contributed by atoms with van der Waals surface area (Å²) in [5, 5.41) is 5.09. The monoisotopic (exact) mass is 1240 g/mol. The molecule has 11 aliphatic rings. The molecule has 4 aliphatic heterocycles. The van der Waals surface area contributed by atoms with Gasteiger partial charge in [-0.25, -0.2) is 0 Å². The number of pyridine rings is 2. The van der Waals surface area contributed by atoms with Gasteiger partial charge in [0.1, 0.15) is 11.5 Å². The number of hydrogen-bond acceptors (Lipinski definition) is 8. The molecule has 472 valence electrons. The first-order chi connectivity index (χ1) is 46.5. The van der Waals surface area contributed by atoms with Crippen molar-refractivity contribution in [2.45, 2.75) is 131 Å². The maximum absolute atomic E-state index is 8.05. The van der Waals surface area contributed by atoms with Crippen LogP contribution in [0.15, 0.2) is 170 Å². The third-order valence-electron chi connectivity index (χ3n) is 26.1. The predicted molar refractivity (Wildman–Crippen MR) is 377 cm³/mol. The van der Waals surface area contributed by atoms with Crippen molar-refractivity contribution in [3.05, 3.63) is 226 Å². The SMILES string of the molecule is C1=CC(c2ccc(N3CCOCC3)cc2)(c2ccc(-c3ccc(C4(c5ccc(N6CCOCC6)cc5)C=Cc5c6c(c7ccccc7c5O4)C4CCCCC4C64CC5CCCCC5C4)cn3)nc2)Oc2c1c1c(c3ccccc23)-c2ccccc2C12CC1CCCCC1C2. The maximum Gasteiger partial charge on any atom is 0.179 e. The summed E-state index contributed by atoms with van der Waals surface area (Å²) in [6, 6.07) is 55.0. The number of rotatable bonds is 7. The molecule has 0 N–H and O–H groups in total. The van der Waals surface area contributed by atoms with Gasteiger partial charge in [-0.15, -0.1) is 0 Å². The zero-order valence-electron chi connectivity index (χ0n) is 54.2. The van der Waals surface area contributed by atoms with E-state index in [9.17, 15) is 0 Å². The second-order valence-corrected chi connectivity index (χ2v) is 30.3. The molecular formula is C86H84N4O4. The maximum atomic E-state index is 8.05. The van der Waals surface area contributed by atoms with Crippen molar-refractivity contribution in [3.63, 3.8) is 0 Å². The minimum atomic E-state index is -0.985. The van der Waals surface area contributed by atoms with Gasteiger partial charge in [0.05, 0.1) is 37.8 Å². The van der Waals surface area contributed by atoms with Gasteiger partial charge in [0.2, 0.25) is 0 Å². The van der Waals surface area contributed by atoms with Crippen LogP contribution < -0.4 is 19.3 Å². The van der Waals surface area contributed by atoms with Gasteiger partial charge in [-0.1, -0.05) is 186 Å². The Morgan fingerprint density at radius 1 is 0.415 bits per heavy atom. The van der Waals surface area contributed by atoms with Gasteiger partial charge >= 0.3 is 0 Å². The zero-order valence-corrected chi connectivity index (χ0v) is 54.2. The van der Waals surface area contributed by atoms with Crippen molar-refractivity contribution in [1.29, 1.82) is 0 Å². The Hall–Kier alpha value is -8.04. The third kappa shape index (κ3) is 8.29. The molecule has 0 bridgehead atoms. The fourth-order valence-corrected chi connectivity index (χ4v) is 22.0. The molecular weight excluding hydrogens is 1150 g/mol. The molecule has 2 saturated heterocycles. The highest BCUT2D eigenvalue weighted by Gasteiger charge is 2.61. The minimum Gasteiger partial charge on any atom is -0.472 e. The molecule has 9 aromatic rings. The van der Waals surface area contributed by atoms with Gasteiger partial charge in [-0.3, -0.25) is 9.97 Å². The molecule has 8 unspecified atom stereocenters. The van der Waals surface area contributed by atoms with Gasteiger partial charge < -0.3 is 28.7 Å². The molecule has 2 aromatic heterocycles. The Labute approximate surface area is 553 Å². The number of aromatic nitrogens is 2. The average molecular weight is 1240 g/mol. The summed E-state index contributed by atoms with van der Waals surface area (Å²) in [6.07, 6.45) is 35.3. The number of ether oxygens (including phenoxy) is 4. The second kappa shape index (κ2) is 21.7. The number of benzene rings is 7. The van der Waals surface area contributed by atoms with E-state index in [1.807, 2.05) is 0 Å². The molecule has 7 aromatic carbocycles. The molecule has 8 heteroatoms. The molecule has 0 amide bonds. The van der Waals surface area contributed by atoms with Gasteiger partial charge in [0.15, 0.2) is 11.2 Å². The zero-order chi connectivity index (χ0) is 61.7.